The van der Waals surface area contributed by atoms with Crippen molar-refractivity contribution in [3.8, 4) is 0 Å². The van der Waals surface area contributed by atoms with Gasteiger partial charge in [-0.1, -0.05) is 35.9 Å². The Morgan fingerprint density at radius 3 is 2.29 bits per heavy atom. The molecule has 28 heavy (non-hydrogen) atoms. The molecule has 0 aliphatic carbocycles. The maximum atomic E-state index is 13.2. The Kier molecular flexibility index (Phi) is 8.27. The lowest BCUT2D eigenvalue weighted by Crippen LogP contribution is -3.15. The Labute approximate surface area is 173 Å². The summed E-state index contributed by atoms with van der Waals surface area (Å²) in [4.78, 5) is 1.45. The SMILES string of the molecule is Cc1ccc(N(CC(O)C[NH+]2CCOCC2)S(=O)(=O)c2ccccc2)cc1.[Cl-]. The minimum atomic E-state index is -3.76. The van der Waals surface area contributed by atoms with Gasteiger partial charge in [-0.15, -0.1) is 0 Å². The number of morpholine rings is 1. The number of benzene rings is 2. The van der Waals surface area contributed by atoms with Gasteiger partial charge in [-0.05, 0) is 31.2 Å². The van der Waals surface area contributed by atoms with Gasteiger partial charge in [0.15, 0.2) is 0 Å². The number of halogens is 1. The number of hydrogen-bond donors (Lipinski definition) is 2. The van der Waals surface area contributed by atoms with Crippen molar-refractivity contribution in [1.29, 1.82) is 0 Å². The first-order valence-electron chi connectivity index (χ1n) is 9.20. The summed E-state index contributed by atoms with van der Waals surface area (Å²) >= 11 is 0. The van der Waals surface area contributed by atoms with Gasteiger partial charge in [0.25, 0.3) is 10.0 Å². The van der Waals surface area contributed by atoms with Crippen molar-refractivity contribution >= 4 is 15.7 Å². The number of aryl methyl sites for hydroxylation is 1. The van der Waals surface area contributed by atoms with Crippen molar-refractivity contribution in [2.24, 2.45) is 0 Å². The third-order valence-electron chi connectivity index (χ3n) is 4.75. The summed E-state index contributed by atoms with van der Waals surface area (Å²) in [5.74, 6) is 0. The average molecular weight is 427 g/mol. The van der Waals surface area contributed by atoms with Crippen LogP contribution in [0, 0.1) is 6.92 Å². The molecule has 1 fully saturated rings. The van der Waals surface area contributed by atoms with Gasteiger partial charge in [0.1, 0.15) is 25.7 Å². The zero-order valence-corrected chi connectivity index (χ0v) is 17.5. The fraction of sp³-hybridized carbons (Fsp3) is 0.400. The molecular weight excluding hydrogens is 400 g/mol. The second kappa shape index (κ2) is 10.2. The minimum Gasteiger partial charge on any atom is -1.00 e. The third kappa shape index (κ3) is 5.68. The van der Waals surface area contributed by atoms with Crippen LogP contribution in [0.25, 0.3) is 0 Å². The van der Waals surface area contributed by atoms with E-state index < -0.39 is 16.1 Å². The number of ether oxygens (including phenoxy) is 1. The van der Waals surface area contributed by atoms with Crippen molar-refractivity contribution in [2.75, 3.05) is 43.7 Å². The highest BCUT2D eigenvalue weighted by Gasteiger charge is 2.29. The maximum absolute atomic E-state index is 13.2. The van der Waals surface area contributed by atoms with E-state index in [1.807, 2.05) is 19.1 Å². The molecule has 6 nitrogen and oxygen atoms in total. The van der Waals surface area contributed by atoms with Gasteiger partial charge < -0.3 is 27.2 Å². The summed E-state index contributed by atoms with van der Waals surface area (Å²) in [5.41, 5.74) is 1.61. The van der Waals surface area contributed by atoms with Crippen LogP contribution < -0.4 is 21.6 Å². The van der Waals surface area contributed by atoms with Crippen molar-refractivity contribution < 1.29 is 35.6 Å². The van der Waals surface area contributed by atoms with Crippen molar-refractivity contribution in [3.05, 3.63) is 60.2 Å². The van der Waals surface area contributed by atoms with Crippen LogP contribution in [0.2, 0.25) is 0 Å². The summed E-state index contributed by atoms with van der Waals surface area (Å²) in [6, 6.07) is 15.7. The molecule has 1 unspecified atom stereocenters. The number of nitrogens with one attached hydrogen (secondary N) is 1. The number of sulfonamides is 1. The van der Waals surface area contributed by atoms with Crippen LogP contribution in [-0.2, 0) is 14.8 Å². The van der Waals surface area contributed by atoms with Crippen LogP contribution in [0.15, 0.2) is 59.5 Å². The van der Waals surface area contributed by atoms with E-state index >= 15 is 0 Å². The maximum Gasteiger partial charge on any atom is 0.264 e. The lowest BCUT2D eigenvalue weighted by Gasteiger charge is -2.30. The van der Waals surface area contributed by atoms with Crippen LogP contribution >= 0.6 is 0 Å². The molecule has 1 atom stereocenters. The lowest BCUT2D eigenvalue weighted by atomic mass is 10.2. The van der Waals surface area contributed by atoms with E-state index in [9.17, 15) is 13.5 Å². The van der Waals surface area contributed by atoms with Crippen molar-refractivity contribution in [1.82, 2.24) is 0 Å². The number of aliphatic hydroxyl groups excluding tert-OH is 1. The van der Waals surface area contributed by atoms with E-state index in [4.69, 9.17) is 4.74 Å². The lowest BCUT2D eigenvalue weighted by molar-refractivity contribution is -0.910. The zero-order valence-electron chi connectivity index (χ0n) is 15.9. The molecule has 2 aromatic rings. The van der Waals surface area contributed by atoms with E-state index in [1.165, 1.54) is 9.21 Å². The Morgan fingerprint density at radius 1 is 1.07 bits per heavy atom. The Bertz CT molecular complexity index is 825. The molecule has 8 heteroatoms. The summed E-state index contributed by atoms with van der Waals surface area (Å²) < 4.78 is 33.1. The van der Waals surface area contributed by atoms with Gasteiger partial charge in [0.05, 0.1) is 30.3 Å². The number of rotatable bonds is 7. The van der Waals surface area contributed by atoms with Crippen LogP contribution in [0.4, 0.5) is 5.69 Å². The van der Waals surface area contributed by atoms with Gasteiger partial charge in [-0.25, -0.2) is 8.42 Å². The second-order valence-electron chi connectivity index (χ2n) is 6.91. The van der Waals surface area contributed by atoms with Gasteiger partial charge in [0, 0.05) is 0 Å². The zero-order chi connectivity index (χ0) is 19.3. The van der Waals surface area contributed by atoms with E-state index in [0.717, 1.165) is 18.7 Å². The molecule has 2 N–H and O–H groups in total. The molecule has 0 radical (unpaired) electrons. The molecule has 0 aromatic heterocycles. The number of hydrogen-bond acceptors (Lipinski definition) is 4. The molecular formula is C20H27ClN2O4S. The number of aliphatic hydroxyl groups is 1. The first-order valence-corrected chi connectivity index (χ1v) is 10.6. The Balaban J connectivity index is 0.00000280. The average Bonchev–Trinajstić information content (AvgIpc) is 2.68. The number of nitrogens with zero attached hydrogens (tertiary/aromatic N) is 1. The first kappa shape index (κ1) is 22.6. The van der Waals surface area contributed by atoms with Crippen LogP contribution in [0.5, 0.6) is 0 Å². The first-order chi connectivity index (χ1) is 13.0. The molecule has 0 saturated carbocycles. The standard InChI is InChI=1S/C20H26N2O4S.ClH/c1-17-7-9-18(10-8-17)22(27(24,25)20-5-3-2-4-6-20)16-19(23)15-21-11-13-26-14-12-21;/h2-10,19,23H,11-16H2,1H3;1H. The molecule has 0 spiro atoms. The molecule has 154 valence electrons. The van der Waals surface area contributed by atoms with Crippen LogP contribution in [0.3, 0.4) is 0 Å². The molecule has 1 aliphatic rings. The highest BCUT2D eigenvalue weighted by Crippen LogP contribution is 2.24. The van der Waals surface area contributed by atoms with Gasteiger partial charge in [0.2, 0.25) is 0 Å². The molecule has 1 saturated heterocycles. The summed E-state index contributed by atoms with van der Waals surface area (Å²) in [6.07, 6.45) is -0.766. The molecule has 2 aromatic carbocycles. The Hall–Kier alpha value is -1.64. The summed E-state index contributed by atoms with van der Waals surface area (Å²) in [5, 5.41) is 10.6. The monoisotopic (exact) mass is 426 g/mol. The van der Waals surface area contributed by atoms with Crippen LogP contribution in [-0.4, -0.2) is 59.0 Å². The molecule has 1 heterocycles. The minimum absolute atomic E-state index is 0. The predicted octanol–water partition coefficient (Wildman–Crippen LogP) is -2.53. The normalized spacial score (nSPS) is 16.2. The largest absolute Gasteiger partial charge is 1.00 e. The van der Waals surface area contributed by atoms with Crippen LogP contribution in [0.1, 0.15) is 5.56 Å². The number of quaternary nitrogens is 1. The molecule has 1 aliphatic heterocycles. The highest BCUT2D eigenvalue weighted by molar-refractivity contribution is 7.92. The third-order valence-corrected chi connectivity index (χ3v) is 6.56. The van der Waals surface area contributed by atoms with Crippen molar-refractivity contribution in [3.63, 3.8) is 0 Å². The van der Waals surface area contributed by atoms with E-state index in [1.54, 1.807) is 42.5 Å². The van der Waals surface area contributed by atoms with E-state index in [0.29, 0.717) is 25.4 Å². The van der Waals surface area contributed by atoms with Gasteiger partial charge in [-0.3, -0.25) is 4.31 Å². The van der Waals surface area contributed by atoms with E-state index in [-0.39, 0.29) is 23.8 Å². The Morgan fingerprint density at radius 2 is 1.68 bits per heavy atom. The topological polar surface area (TPSA) is 71.3 Å². The summed E-state index contributed by atoms with van der Waals surface area (Å²) in [7, 11) is -3.76. The molecule has 0 amide bonds. The van der Waals surface area contributed by atoms with Gasteiger partial charge in [-0.2, -0.15) is 0 Å². The highest BCUT2D eigenvalue weighted by atomic mass is 35.5. The predicted molar refractivity (Wildman–Crippen MR) is 105 cm³/mol. The van der Waals surface area contributed by atoms with Gasteiger partial charge >= 0.3 is 0 Å². The van der Waals surface area contributed by atoms with Crippen molar-refractivity contribution in [2.45, 2.75) is 17.9 Å². The smallest absolute Gasteiger partial charge is 0.264 e. The molecule has 3 rings (SSSR count). The summed E-state index contributed by atoms with van der Waals surface area (Å²) in [6.45, 7) is 5.47. The van der Waals surface area contributed by atoms with E-state index in [2.05, 4.69) is 0 Å². The number of anilines is 1. The fourth-order valence-electron chi connectivity index (χ4n) is 3.23. The second-order valence-corrected chi connectivity index (χ2v) is 8.77. The quantitative estimate of drug-likeness (QED) is 0.512. The molecule has 0 bridgehead atoms. The fourth-order valence-corrected chi connectivity index (χ4v) is 4.75.